The summed E-state index contributed by atoms with van der Waals surface area (Å²) in [6.07, 6.45) is 3.94. The van der Waals surface area contributed by atoms with E-state index in [0.717, 1.165) is 30.7 Å². The van der Waals surface area contributed by atoms with Crippen LogP contribution in [0.5, 0.6) is 11.5 Å². The second-order valence-corrected chi connectivity index (χ2v) is 8.76. The molecule has 1 fully saturated rings. The zero-order chi connectivity index (χ0) is 20.0. The number of nitrogens with one attached hydrogen (secondary N) is 2. The van der Waals surface area contributed by atoms with Gasteiger partial charge in [-0.15, -0.1) is 24.0 Å². The van der Waals surface area contributed by atoms with Crippen LogP contribution in [0, 0.1) is 5.92 Å². The van der Waals surface area contributed by atoms with Crippen molar-refractivity contribution in [3.05, 3.63) is 54.6 Å². The maximum atomic E-state index is 11.5. The highest BCUT2D eigenvalue weighted by atomic mass is 127. The van der Waals surface area contributed by atoms with Gasteiger partial charge in [0.15, 0.2) is 5.96 Å². The third kappa shape index (κ3) is 7.82. The first-order valence-corrected chi connectivity index (χ1v) is 11.2. The zero-order valence-electron chi connectivity index (χ0n) is 16.2. The van der Waals surface area contributed by atoms with Gasteiger partial charge in [0.05, 0.1) is 6.26 Å². The smallest absolute Gasteiger partial charge is 0.208 e. The van der Waals surface area contributed by atoms with Crippen molar-refractivity contribution in [2.45, 2.75) is 25.3 Å². The van der Waals surface area contributed by atoms with Crippen molar-refractivity contribution in [2.75, 3.05) is 18.1 Å². The maximum Gasteiger partial charge on any atom is 0.208 e. The van der Waals surface area contributed by atoms with E-state index in [2.05, 4.69) is 15.0 Å². The van der Waals surface area contributed by atoms with Crippen molar-refractivity contribution in [2.24, 2.45) is 16.6 Å². The molecule has 1 saturated carbocycles. The Morgan fingerprint density at radius 1 is 1.14 bits per heavy atom. The molecule has 2 unspecified atom stereocenters. The highest BCUT2D eigenvalue weighted by Crippen LogP contribution is 2.27. The van der Waals surface area contributed by atoms with Crippen molar-refractivity contribution >= 4 is 45.6 Å². The topological polar surface area (TPSA) is 106 Å². The van der Waals surface area contributed by atoms with Gasteiger partial charge in [-0.1, -0.05) is 30.7 Å². The lowest BCUT2D eigenvalue weighted by Crippen LogP contribution is -2.38. The van der Waals surface area contributed by atoms with Gasteiger partial charge in [-0.3, -0.25) is 4.99 Å². The highest BCUT2D eigenvalue weighted by Gasteiger charge is 2.29. The van der Waals surface area contributed by atoms with Crippen LogP contribution < -0.4 is 20.5 Å². The van der Waals surface area contributed by atoms with Crippen LogP contribution >= 0.6 is 24.0 Å². The molecule has 0 saturated heterocycles. The minimum atomic E-state index is -3.22. The Kier molecular flexibility index (Phi) is 8.72. The molecule has 4 N–H and O–H groups in total. The number of rotatable bonds is 7. The summed E-state index contributed by atoms with van der Waals surface area (Å²) >= 11 is 0. The number of ether oxygens (including phenoxy) is 1. The molecule has 2 aromatic carbocycles. The zero-order valence-corrected chi connectivity index (χ0v) is 19.4. The molecule has 9 heteroatoms. The number of anilines is 1. The number of benzene rings is 2. The lowest BCUT2D eigenvalue weighted by molar-refractivity contribution is 0.455. The number of aliphatic imine (C=N–C) groups is 1. The van der Waals surface area contributed by atoms with E-state index >= 15 is 0 Å². The normalized spacial score (nSPS) is 19.4. The van der Waals surface area contributed by atoms with E-state index < -0.39 is 10.0 Å². The molecule has 7 nitrogen and oxygen atoms in total. The quantitative estimate of drug-likeness (QED) is 0.289. The van der Waals surface area contributed by atoms with Crippen LogP contribution in [0.2, 0.25) is 0 Å². The molecule has 0 amide bonds. The molecule has 2 aromatic rings. The maximum absolute atomic E-state index is 11.5. The summed E-state index contributed by atoms with van der Waals surface area (Å²) in [5.41, 5.74) is 6.79. The third-order valence-corrected chi connectivity index (χ3v) is 5.34. The molecule has 3 rings (SSSR count). The van der Waals surface area contributed by atoms with E-state index in [9.17, 15) is 8.42 Å². The lowest BCUT2D eigenvalue weighted by Gasteiger charge is -2.18. The molecule has 0 bridgehead atoms. The van der Waals surface area contributed by atoms with Gasteiger partial charge in [0.2, 0.25) is 10.0 Å². The number of halogens is 1. The lowest BCUT2D eigenvalue weighted by atomic mass is 10.1. The van der Waals surface area contributed by atoms with Gasteiger partial charge < -0.3 is 15.8 Å². The molecule has 2 atom stereocenters. The third-order valence-electron chi connectivity index (χ3n) is 4.61. The van der Waals surface area contributed by atoms with Gasteiger partial charge in [-0.25, -0.2) is 13.1 Å². The number of sulfonamides is 1. The Bertz CT molecular complexity index is 922. The van der Waals surface area contributed by atoms with Crippen LogP contribution in [0.15, 0.2) is 59.6 Å². The first-order chi connectivity index (χ1) is 13.4. The summed E-state index contributed by atoms with van der Waals surface area (Å²) in [4.78, 5) is 4.40. The van der Waals surface area contributed by atoms with E-state index in [1.165, 1.54) is 6.26 Å². The summed E-state index contributed by atoms with van der Waals surface area (Å²) in [6, 6.07) is 16.9. The number of nitrogens with two attached hydrogens (primary N) is 1. The monoisotopic (exact) mass is 530 g/mol. The molecule has 1 aliphatic carbocycles. The van der Waals surface area contributed by atoms with Crippen LogP contribution in [0.3, 0.4) is 0 Å². The molecule has 0 spiro atoms. The van der Waals surface area contributed by atoms with Gasteiger partial charge in [-0.05, 0) is 43.0 Å². The fourth-order valence-electron chi connectivity index (χ4n) is 3.35. The van der Waals surface area contributed by atoms with Gasteiger partial charge in [0.25, 0.3) is 0 Å². The SMILES string of the molecule is CS(=O)(=O)NC1CCCC1CN=C(N)Nc1cccc(Oc2ccccc2)c1.I. The molecule has 158 valence electrons. The molecule has 29 heavy (non-hydrogen) atoms. The Labute approximate surface area is 189 Å². The Morgan fingerprint density at radius 3 is 2.59 bits per heavy atom. The fourth-order valence-corrected chi connectivity index (χ4v) is 4.21. The average Bonchev–Trinajstić information content (AvgIpc) is 3.06. The van der Waals surface area contributed by atoms with Crippen LogP contribution in [-0.4, -0.2) is 33.2 Å². The Balaban J connectivity index is 0.00000300. The van der Waals surface area contributed by atoms with Crippen molar-refractivity contribution in [3.8, 4) is 11.5 Å². The molecular weight excluding hydrogens is 503 g/mol. The second kappa shape index (κ2) is 10.8. The first-order valence-electron chi connectivity index (χ1n) is 9.26. The van der Waals surface area contributed by atoms with Gasteiger partial charge in [0.1, 0.15) is 11.5 Å². The molecule has 0 aliphatic heterocycles. The van der Waals surface area contributed by atoms with E-state index in [1.807, 2.05) is 54.6 Å². The fraction of sp³-hybridized carbons (Fsp3) is 0.350. The van der Waals surface area contributed by atoms with E-state index in [-0.39, 0.29) is 35.9 Å². The van der Waals surface area contributed by atoms with Crippen molar-refractivity contribution in [1.82, 2.24) is 4.72 Å². The van der Waals surface area contributed by atoms with Crippen LogP contribution in [0.25, 0.3) is 0 Å². The number of para-hydroxylation sites is 1. The summed E-state index contributed by atoms with van der Waals surface area (Å²) in [6.45, 7) is 0.478. The van der Waals surface area contributed by atoms with Crippen LogP contribution in [0.4, 0.5) is 5.69 Å². The first kappa shape index (κ1) is 23.4. The van der Waals surface area contributed by atoms with Gasteiger partial charge >= 0.3 is 0 Å². The van der Waals surface area contributed by atoms with Crippen molar-refractivity contribution in [3.63, 3.8) is 0 Å². The average molecular weight is 530 g/mol. The van der Waals surface area contributed by atoms with Crippen LogP contribution in [0.1, 0.15) is 19.3 Å². The predicted molar refractivity (Wildman–Crippen MR) is 128 cm³/mol. The Morgan fingerprint density at radius 2 is 1.86 bits per heavy atom. The largest absolute Gasteiger partial charge is 0.457 e. The van der Waals surface area contributed by atoms with Crippen LogP contribution in [-0.2, 0) is 10.0 Å². The summed E-state index contributed by atoms with van der Waals surface area (Å²) in [5, 5.41) is 3.06. The van der Waals surface area contributed by atoms with Gasteiger partial charge in [0, 0.05) is 24.3 Å². The molecule has 0 heterocycles. The summed E-state index contributed by atoms with van der Waals surface area (Å²) in [7, 11) is -3.22. The minimum absolute atomic E-state index is 0. The standard InChI is InChI=1S/C20H26N4O3S.HI/c1-28(25,26)24-19-12-5-7-15(19)14-22-20(21)23-16-8-6-11-18(13-16)27-17-9-3-2-4-10-17;/h2-4,6,8-11,13,15,19,24H,5,7,12,14H2,1H3,(H3,21,22,23);1H. The number of hydrogen-bond donors (Lipinski definition) is 3. The molecular formula is C20H27IN4O3S. The highest BCUT2D eigenvalue weighted by molar-refractivity contribution is 14.0. The predicted octanol–water partition coefficient (Wildman–Crippen LogP) is 3.54. The molecule has 1 aliphatic rings. The molecule has 0 radical (unpaired) electrons. The second-order valence-electron chi connectivity index (χ2n) is 6.98. The number of hydrogen-bond acceptors (Lipinski definition) is 4. The van der Waals surface area contributed by atoms with Gasteiger partial charge in [-0.2, -0.15) is 0 Å². The minimum Gasteiger partial charge on any atom is -0.457 e. The summed E-state index contributed by atoms with van der Waals surface area (Å²) < 4.78 is 31.5. The summed E-state index contributed by atoms with van der Waals surface area (Å²) in [5.74, 6) is 1.90. The van der Waals surface area contributed by atoms with Crippen molar-refractivity contribution in [1.29, 1.82) is 0 Å². The number of nitrogens with zero attached hydrogens (tertiary/aromatic N) is 1. The van der Waals surface area contributed by atoms with Crippen molar-refractivity contribution < 1.29 is 13.2 Å². The number of guanidine groups is 1. The van der Waals surface area contributed by atoms with E-state index in [0.29, 0.717) is 18.3 Å². The van der Waals surface area contributed by atoms with E-state index in [1.54, 1.807) is 0 Å². The Hall–Kier alpha value is -1.85. The molecule has 0 aromatic heterocycles. The van der Waals surface area contributed by atoms with E-state index in [4.69, 9.17) is 10.5 Å².